The highest BCUT2D eigenvalue weighted by molar-refractivity contribution is 7.91. The lowest BCUT2D eigenvalue weighted by molar-refractivity contribution is -0.133. The first kappa shape index (κ1) is 31.0. The number of hydrogen-bond donors (Lipinski definition) is 1. The van der Waals surface area contributed by atoms with Gasteiger partial charge in [0.2, 0.25) is 11.8 Å². The zero-order valence-corrected chi connectivity index (χ0v) is 25.3. The van der Waals surface area contributed by atoms with Crippen molar-refractivity contribution in [2.24, 2.45) is 0 Å². The van der Waals surface area contributed by atoms with Crippen molar-refractivity contribution < 1.29 is 22.7 Å². The molecule has 41 heavy (non-hydrogen) atoms. The van der Waals surface area contributed by atoms with E-state index in [1.54, 1.807) is 4.90 Å². The van der Waals surface area contributed by atoms with Crippen LogP contribution in [0.5, 0.6) is 5.75 Å². The highest BCUT2D eigenvalue weighted by Gasteiger charge is 2.34. The van der Waals surface area contributed by atoms with Crippen LogP contribution in [0.3, 0.4) is 0 Å². The molecule has 1 unspecified atom stereocenters. The minimum absolute atomic E-state index is 0.0104. The second-order valence-electron chi connectivity index (χ2n) is 11.6. The number of sulfone groups is 1. The first-order chi connectivity index (χ1) is 19.7. The summed E-state index contributed by atoms with van der Waals surface area (Å²) in [7, 11) is -3.11. The summed E-state index contributed by atoms with van der Waals surface area (Å²) in [6.07, 6.45) is 4.90. The summed E-state index contributed by atoms with van der Waals surface area (Å²) < 4.78 is 30.6. The van der Waals surface area contributed by atoms with E-state index < -0.39 is 9.84 Å². The number of benzene rings is 2. The Balaban J connectivity index is 1.47. The third-order valence-electron chi connectivity index (χ3n) is 8.06. The Morgan fingerprint density at radius 2 is 1.85 bits per heavy atom. The van der Waals surface area contributed by atoms with Gasteiger partial charge in [0.05, 0.1) is 24.7 Å². The minimum atomic E-state index is -3.11. The van der Waals surface area contributed by atoms with Crippen LogP contribution in [0.25, 0.3) is 0 Å². The van der Waals surface area contributed by atoms with Crippen molar-refractivity contribution in [3.8, 4) is 5.75 Å². The molecule has 4 rings (SSSR count). The molecule has 1 fully saturated rings. The lowest BCUT2D eigenvalue weighted by atomic mass is 10.0. The Bertz CT molecular complexity index is 1270. The zero-order chi connectivity index (χ0) is 29.2. The molecule has 0 radical (unpaired) electrons. The summed E-state index contributed by atoms with van der Waals surface area (Å²) in [5, 5.41) is 3.03. The van der Waals surface area contributed by atoms with Gasteiger partial charge in [-0.2, -0.15) is 0 Å². The van der Waals surface area contributed by atoms with Crippen molar-refractivity contribution in [2.45, 2.75) is 77.4 Å². The van der Waals surface area contributed by atoms with Crippen molar-refractivity contribution in [3.63, 3.8) is 0 Å². The van der Waals surface area contributed by atoms with E-state index >= 15 is 0 Å². The van der Waals surface area contributed by atoms with Crippen molar-refractivity contribution in [2.75, 3.05) is 37.7 Å². The second kappa shape index (κ2) is 14.8. The molecule has 0 aliphatic carbocycles. The number of hydrogen-bond acceptors (Lipinski definition) is 6. The highest BCUT2D eigenvalue weighted by atomic mass is 32.2. The fourth-order valence-electron chi connectivity index (χ4n) is 5.57. The van der Waals surface area contributed by atoms with Crippen LogP contribution in [0.1, 0.15) is 62.6 Å². The van der Waals surface area contributed by atoms with E-state index in [1.807, 2.05) is 42.5 Å². The standard InChI is InChI=1S/C32H45N3O5S/c1-25(2)34-22-28-21-27(11-13-30(28)40-19-8-4-7-17-33-31(36)23-34)12-14-32(37)35(29-16-20-41(38,39)24-29)18-15-26-9-5-3-6-10-26/h3,5-6,9-11,13,21,25,29H,4,7-8,12,14-20,22-24H2,1-2H3,(H,33,36). The predicted molar refractivity (Wildman–Crippen MR) is 162 cm³/mol. The van der Waals surface area contributed by atoms with Gasteiger partial charge in [0.15, 0.2) is 9.84 Å². The molecule has 1 saturated heterocycles. The van der Waals surface area contributed by atoms with E-state index in [0.29, 0.717) is 58.5 Å². The number of fused-ring (bicyclic) bond motifs is 1. The molecule has 8 nitrogen and oxygen atoms in total. The summed E-state index contributed by atoms with van der Waals surface area (Å²) in [5.74, 6) is 1.03. The molecule has 0 aromatic heterocycles. The first-order valence-corrected chi connectivity index (χ1v) is 16.8. The van der Waals surface area contributed by atoms with Crippen LogP contribution in [0, 0.1) is 0 Å². The molecule has 2 aliphatic rings. The van der Waals surface area contributed by atoms with Gasteiger partial charge < -0.3 is 15.0 Å². The Labute approximate surface area is 245 Å². The average molecular weight is 584 g/mol. The normalized spacial score (nSPS) is 20.2. The number of rotatable bonds is 8. The van der Waals surface area contributed by atoms with Gasteiger partial charge in [0.1, 0.15) is 5.75 Å². The van der Waals surface area contributed by atoms with E-state index in [-0.39, 0.29) is 35.4 Å². The maximum absolute atomic E-state index is 13.5. The van der Waals surface area contributed by atoms with Crippen molar-refractivity contribution >= 4 is 21.7 Å². The molecular formula is C32H45N3O5S. The van der Waals surface area contributed by atoms with Gasteiger partial charge in [0, 0.05) is 43.7 Å². The molecule has 9 heteroatoms. The molecule has 2 amide bonds. The molecule has 224 valence electrons. The number of carbonyl (C=O) groups excluding carboxylic acids is 2. The predicted octanol–water partition coefficient (Wildman–Crippen LogP) is 3.77. The van der Waals surface area contributed by atoms with E-state index in [4.69, 9.17) is 4.74 Å². The lowest BCUT2D eigenvalue weighted by Crippen LogP contribution is -2.42. The Morgan fingerprint density at radius 3 is 2.59 bits per heavy atom. The quantitative estimate of drug-likeness (QED) is 0.509. The molecule has 2 heterocycles. The van der Waals surface area contributed by atoms with Gasteiger partial charge in [-0.3, -0.25) is 14.5 Å². The molecule has 1 atom stereocenters. The van der Waals surface area contributed by atoms with Crippen LogP contribution < -0.4 is 10.1 Å². The Kier molecular flexibility index (Phi) is 11.2. The van der Waals surface area contributed by atoms with Crippen LogP contribution in [0.2, 0.25) is 0 Å². The van der Waals surface area contributed by atoms with Gasteiger partial charge >= 0.3 is 0 Å². The molecule has 0 spiro atoms. The fourth-order valence-corrected chi connectivity index (χ4v) is 7.30. The summed E-state index contributed by atoms with van der Waals surface area (Å²) in [6.45, 7) is 6.88. The molecule has 0 bridgehead atoms. The SMILES string of the molecule is CC(C)N1CC(=O)NCCCCCOc2ccc(CCC(=O)N(CCc3ccccc3)C3CCS(=O)(=O)C3)cc2C1. The number of carbonyl (C=O) groups is 2. The number of aryl methyl sites for hydroxylation is 1. The Morgan fingerprint density at radius 1 is 1.05 bits per heavy atom. The third-order valence-corrected chi connectivity index (χ3v) is 9.81. The van der Waals surface area contributed by atoms with E-state index in [1.165, 1.54) is 0 Å². The van der Waals surface area contributed by atoms with Gasteiger partial charge in [0.25, 0.3) is 0 Å². The van der Waals surface area contributed by atoms with E-state index in [9.17, 15) is 18.0 Å². The highest BCUT2D eigenvalue weighted by Crippen LogP contribution is 2.25. The maximum Gasteiger partial charge on any atom is 0.234 e. The van der Waals surface area contributed by atoms with Crippen LogP contribution in [0.15, 0.2) is 48.5 Å². The number of ether oxygens (including phenoxy) is 1. The molecule has 0 saturated carbocycles. The third kappa shape index (κ3) is 9.57. The summed E-state index contributed by atoms with van der Waals surface area (Å²) >= 11 is 0. The molecule has 2 aromatic carbocycles. The van der Waals surface area contributed by atoms with Crippen LogP contribution in [-0.2, 0) is 38.8 Å². The minimum Gasteiger partial charge on any atom is -0.493 e. The summed E-state index contributed by atoms with van der Waals surface area (Å²) in [4.78, 5) is 30.0. The monoisotopic (exact) mass is 583 g/mol. The van der Waals surface area contributed by atoms with Gasteiger partial charge in [-0.15, -0.1) is 0 Å². The molecule has 2 aliphatic heterocycles. The van der Waals surface area contributed by atoms with E-state index in [0.717, 1.165) is 41.7 Å². The van der Waals surface area contributed by atoms with Crippen molar-refractivity contribution in [3.05, 3.63) is 65.2 Å². The number of amides is 2. The average Bonchev–Trinajstić information content (AvgIpc) is 3.31. The lowest BCUT2D eigenvalue weighted by Gasteiger charge is -2.29. The molecular weight excluding hydrogens is 538 g/mol. The van der Waals surface area contributed by atoms with Crippen molar-refractivity contribution in [1.82, 2.24) is 15.1 Å². The second-order valence-corrected chi connectivity index (χ2v) is 13.8. The first-order valence-electron chi connectivity index (χ1n) is 15.0. The van der Waals surface area contributed by atoms with Gasteiger partial charge in [-0.05, 0) is 69.6 Å². The number of nitrogens with one attached hydrogen (secondary N) is 1. The number of nitrogens with zero attached hydrogens (tertiary/aromatic N) is 2. The largest absolute Gasteiger partial charge is 0.493 e. The molecule has 1 N–H and O–H groups in total. The zero-order valence-electron chi connectivity index (χ0n) is 24.5. The molecule has 2 aromatic rings. The van der Waals surface area contributed by atoms with Crippen LogP contribution in [-0.4, -0.2) is 79.9 Å². The van der Waals surface area contributed by atoms with Gasteiger partial charge in [-0.1, -0.05) is 42.5 Å². The summed E-state index contributed by atoms with van der Waals surface area (Å²) in [5.41, 5.74) is 3.17. The van der Waals surface area contributed by atoms with E-state index in [2.05, 4.69) is 30.1 Å². The van der Waals surface area contributed by atoms with Crippen LogP contribution in [0.4, 0.5) is 0 Å². The Hall–Kier alpha value is -2.91. The smallest absolute Gasteiger partial charge is 0.234 e. The fraction of sp³-hybridized carbons (Fsp3) is 0.562. The van der Waals surface area contributed by atoms with Gasteiger partial charge in [-0.25, -0.2) is 8.42 Å². The van der Waals surface area contributed by atoms with Crippen molar-refractivity contribution in [1.29, 1.82) is 0 Å². The van der Waals surface area contributed by atoms with Crippen LogP contribution >= 0.6 is 0 Å². The summed E-state index contributed by atoms with van der Waals surface area (Å²) in [6, 6.07) is 16.0. The topological polar surface area (TPSA) is 96.0 Å². The maximum atomic E-state index is 13.5.